The highest BCUT2D eigenvalue weighted by atomic mass is 16.4. The zero-order chi connectivity index (χ0) is 12.1. The third-order valence-electron chi connectivity index (χ3n) is 2.16. The molecule has 1 aromatic rings. The highest BCUT2D eigenvalue weighted by molar-refractivity contribution is 5.94. The molecule has 1 heterocycles. The van der Waals surface area contributed by atoms with Crippen LogP contribution in [0.2, 0.25) is 0 Å². The number of hydrogen-bond acceptors (Lipinski definition) is 4. The number of hydrogen-bond donors (Lipinski definition) is 1. The van der Waals surface area contributed by atoms with Crippen LogP contribution >= 0.6 is 0 Å². The van der Waals surface area contributed by atoms with Crippen LogP contribution in [-0.4, -0.2) is 40.0 Å². The second-order valence-corrected chi connectivity index (χ2v) is 3.19. The lowest BCUT2D eigenvalue weighted by molar-refractivity contribution is -0.137. The van der Waals surface area contributed by atoms with Crippen LogP contribution in [-0.2, 0) is 11.2 Å². The molecule has 0 aliphatic carbocycles. The van der Waals surface area contributed by atoms with Crippen LogP contribution in [0.15, 0.2) is 10.8 Å². The van der Waals surface area contributed by atoms with Crippen molar-refractivity contribution in [1.29, 1.82) is 0 Å². The van der Waals surface area contributed by atoms with E-state index in [0.717, 1.165) is 0 Å². The highest BCUT2D eigenvalue weighted by Gasteiger charge is 2.22. The van der Waals surface area contributed by atoms with E-state index in [4.69, 9.17) is 9.52 Å². The van der Waals surface area contributed by atoms with E-state index in [1.807, 2.05) is 6.92 Å². The van der Waals surface area contributed by atoms with Crippen molar-refractivity contribution in [3.05, 3.63) is 17.8 Å². The van der Waals surface area contributed by atoms with Gasteiger partial charge in [0.05, 0.1) is 0 Å². The molecule has 16 heavy (non-hydrogen) atoms. The van der Waals surface area contributed by atoms with Gasteiger partial charge in [-0.05, 0) is 6.92 Å². The van der Waals surface area contributed by atoms with Crippen LogP contribution in [0.3, 0.4) is 0 Å². The van der Waals surface area contributed by atoms with Crippen molar-refractivity contribution in [1.82, 2.24) is 9.88 Å². The second-order valence-electron chi connectivity index (χ2n) is 3.19. The van der Waals surface area contributed by atoms with Gasteiger partial charge in [-0.3, -0.25) is 9.59 Å². The van der Waals surface area contributed by atoms with E-state index < -0.39 is 11.9 Å². The number of aromatic nitrogens is 1. The molecule has 0 aromatic carbocycles. The van der Waals surface area contributed by atoms with Gasteiger partial charge in [0.15, 0.2) is 12.1 Å². The molecule has 0 atom stereocenters. The zero-order valence-corrected chi connectivity index (χ0v) is 9.27. The first-order valence-corrected chi connectivity index (χ1v) is 5.03. The molecule has 0 saturated carbocycles. The summed E-state index contributed by atoms with van der Waals surface area (Å²) in [6.07, 6.45) is 1.74. The number of oxazole rings is 1. The number of carbonyl (C=O) groups is 2. The SMILES string of the molecule is CCc1ocnc1C(=O)N(CC)CC(=O)O. The predicted octanol–water partition coefficient (Wildman–Crippen LogP) is 0.784. The minimum atomic E-state index is -1.04. The van der Waals surface area contributed by atoms with E-state index >= 15 is 0 Å². The maximum atomic E-state index is 11.9. The summed E-state index contributed by atoms with van der Waals surface area (Å²) < 4.78 is 5.03. The van der Waals surface area contributed by atoms with Crippen molar-refractivity contribution in [2.24, 2.45) is 0 Å². The maximum Gasteiger partial charge on any atom is 0.323 e. The first-order valence-electron chi connectivity index (χ1n) is 5.03. The molecule has 1 aromatic heterocycles. The summed E-state index contributed by atoms with van der Waals surface area (Å²) in [4.78, 5) is 27.5. The lowest BCUT2D eigenvalue weighted by Crippen LogP contribution is -2.36. The van der Waals surface area contributed by atoms with Crippen LogP contribution < -0.4 is 0 Å². The standard InChI is InChI=1S/C10H14N2O4/c1-3-7-9(11-6-16-7)10(15)12(4-2)5-8(13)14/h6H,3-5H2,1-2H3,(H,13,14). The fraction of sp³-hybridized carbons (Fsp3) is 0.500. The Balaban J connectivity index is 2.86. The number of amides is 1. The quantitative estimate of drug-likeness (QED) is 0.802. The Morgan fingerprint density at radius 3 is 2.69 bits per heavy atom. The molecule has 88 valence electrons. The lowest BCUT2D eigenvalue weighted by atomic mass is 10.2. The molecular weight excluding hydrogens is 212 g/mol. The molecule has 0 spiro atoms. The normalized spacial score (nSPS) is 10.1. The van der Waals surface area contributed by atoms with Crippen molar-refractivity contribution >= 4 is 11.9 Å². The summed E-state index contributed by atoms with van der Waals surface area (Å²) in [5.74, 6) is -0.971. The van der Waals surface area contributed by atoms with Crippen molar-refractivity contribution in [2.75, 3.05) is 13.1 Å². The number of nitrogens with zero attached hydrogens (tertiary/aromatic N) is 2. The predicted molar refractivity (Wildman–Crippen MR) is 55.1 cm³/mol. The van der Waals surface area contributed by atoms with E-state index in [1.165, 1.54) is 11.3 Å². The number of carbonyl (C=O) groups excluding carboxylic acids is 1. The summed E-state index contributed by atoms with van der Waals surface area (Å²) in [6.45, 7) is 3.55. The molecule has 1 amide bonds. The molecule has 0 radical (unpaired) electrons. The summed E-state index contributed by atoms with van der Waals surface area (Å²) in [6, 6.07) is 0. The number of rotatable bonds is 5. The third kappa shape index (κ3) is 2.59. The molecule has 0 fully saturated rings. The van der Waals surface area contributed by atoms with Crippen molar-refractivity contribution in [2.45, 2.75) is 20.3 Å². The maximum absolute atomic E-state index is 11.9. The monoisotopic (exact) mass is 226 g/mol. The average Bonchev–Trinajstić information content (AvgIpc) is 2.72. The Labute approximate surface area is 92.9 Å². The first kappa shape index (κ1) is 12.2. The first-order chi connectivity index (χ1) is 7.60. The van der Waals surface area contributed by atoms with E-state index in [0.29, 0.717) is 18.7 Å². The van der Waals surface area contributed by atoms with Crippen LogP contribution in [0.5, 0.6) is 0 Å². The Kier molecular flexibility index (Phi) is 4.04. The molecule has 1 N–H and O–H groups in total. The zero-order valence-electron chi connectivity index (χ0n) is 9.27. The number of aryl methyl sites for hydroxylation is 1. The average molecular weight is 226 g/mol. The van der Waals surface area contributed by atoms with Crippen molar-refractivity contribution < 1.29 is 19.1 Å². The van der Waals surface area contributed by atoms with Crippen LogP contribution in [0, 0.1) is 0 Å². The number of carboxylic acid groups (broad SMARTS) is 1. The Morgan fingerprint density at radius 2 is 2.19 bits per heavy atom. The highest BCUT2D eigenvalue weighted by Crippen LogP contribution is 2.10. The Hall–Kier alpha value is -1.85. The number of aliphatic carboxylic acids is 1. The summed E-state index contributed by atoms with van der Waals surface area (Å²) >= 11 is 0. The van der Waals surface area contributed by atoms with E-state index in [9.17, 15) is 9.59 Å². The van der Waals surface area contributed by atoms with Crippen molar-refractivity contribution in [3.63, 3.8) is 0 Å². The van der Waals surface area contributed by atoms with Gasteiger partial charge in [-0.1, -0.05) is 6.92 Å². The van der Waals surface area contributed by atoms with Gasteiger partial charge in [0.25, 0.3) is 5.91 Å². The van der Waals surface area contributed by atoms with Gasteiger partial charge in [-0.2, -0.15) is 0 Å². The summed E-state index contributed by atoms with van der Waals surface area (Å²) in [5, 5.41) is 8.65. The minimum Gasteiger partial charge on any atom is -0.480 e. The van der Waals surface area contributed by atoms with Gasteiger partial charge >= 0.3 is 5.97 Å². The molecule has 0 aliphatic rings. The smallest absolute Gasteiger partial charge is 0.323 e. The summed E-state index contributed by atoms with van der Waals surface area (Å²) in [5.41, 5.74) is 0.200. The van der Waals surface area contributed by atoms with Gasteiger partial charge in [0, 0.05) is 13.0 Å². The molecule has 0 saturated heterocycles. The fourth-order valence-electron chi connectivity index (χ4n) is 1.34. The van der Waals surface area contributed by atoms with Gasteiger partial charge in [0.1, 0.15) is 12.3 Å². The van der Waals surface area contributed by atoms with Gasteiger partial charge in [-0.15, -0.1) is 0 Å². The molecule has 1 rings (SSSR count). The molecule has 0 bridgehead atoms. The molecular formula is C10H14N2O4. The number of likely N-dealkylation sites (N-methyl/N-ethyl adjacent to an activating group) is 1. The summed E-state index contributed by atoms with van der Waals surface area (Å²) in [7, 11) is 0. The van der Waals surface area contributed by atoms with Crippen LogP contribution in [0.4, 0.5) is 0 Å². The van der Waals surface area contributed by atoms with Gasteiger partial charge < -0.3 is 14.4 Å². The van der Waals surface area contributed by atoms with Crippen LogP contribution in [0.25, 0.3) is 0 Å². The third-order valence-corrected chi connectivity index (χ3v) is 2.16. The second kappa shape index (κ2) is 5.29. The molecule has 6 nitrogen and oxygen atoms in total. The molecule has 0 unspecified atom stereocenters. The largest absolute Gasteiger partial charge is 0.480 e. The lowest BCUT2D eigenvalue weighted by Gasteiger charge is -2.17. The van der Waals surface area contributed by atoms with Gasteiger partial charge in [-0.25, -0.2) is 4.98 Å². The minimum absolute atomic E-state index is 0.200. The van der Waals surface area contributed by atoms with Crippen molar-refractivity contribution in [3.8, 4) is 0 Å². The Bertz CT molecular complexity index is 386. The molecule has 6 heteroatoms. The fourth-order valence-corrected chi connectivity index (χ4v) is 1.34. The van der Waals surface area contributed by atoms with Crippen LogP contribution in [0.1, 0.15) is 30.1 Å². The van der Waals surface area contributed by atoms with E-state index in [1.54, 1.807) is 6.92 Å². The van der Waals surface area contributed by atoms with E-state index in [-0.39, 0.29) is 12.2 Å². The topological polar surface area (TPSA) is 83.6 Å². The number of carboxylic acids is 1. The Morgan fingerprint density at radius 1 is 1.50 bits per heavy atom. The van der Waals surface area contributed by atoms with E-state index in [2.05, 4.69) is 4.98 Å². The molecule has 0 aliphatic heterocycles. The van der Waals surface area contributed by atoms with Gasteiger partial charge in [0.2, 0.25) is 0 Å².